The van der Waals surface area contributed by atoms with Gasteiger partial charge in [-0.05, 0) is 71.4 Å². The van der Waals surface area contributed by atoms with Crippen LogP contribution in [0.4, 0.5) is 9.59 Å². The van der Waals surface area contributed by atoms with Gasteiger partial charge in [0.15, 0.2) is 0 Å². The van der Waals surface area contributed by atoms with Crippen LogP contribution in [0.1, 0.15) is 57.5 Å². The lowest BCUT2D eigenvalue weighted by atomic mass is 10.2. The lowest BCUT2D eigenvalue weighted by molar-refractivity contribution is 0.0138. The number of ether oxygens (including phenoxy) is 2. The standard InChI is InChI=1S/C16H23ClN2O2.C9H18N2O2.C7H5ClO/c1-16(2,3)21-15(20)19-10-8-18(9-11-19)12-13-4-6-14(17)7-5-13;1-9(2,3)13-8(12)11-6-4-10-5-7-11;8-7-3-1-6(5-9)2-4-7/h4-7H,8-12H2,1-3H3;10H,4-7H2,1-3H3;1-5H. The van der Waals surface area contributed by atoms with Crippen LogP contribution in [0.15, 0.2) is 48.5 Å². The average Bonchev–Trinajstić information content (AvgIpc) is 2.94. The SMILES string of the molecule is CC(C)(C)OC(=O)N1CCN(Cc2ccc(Cl)cc2)CC1.CC(C)(C)OC(=O)N1CCNCC1.O=Cc1ccc(Cl)cc1. The number of piperazine rings is 2. The molecule has 1 N–H and O–H groups in total. The van der Waals surface area contributed by atoms with E-state index < -0.39 is 5.60 Å². The van der Waals surface area contributed by atoms with E-state index in [0.29, 0.717) is 23.7 Å². The number of nitrogens with one attached hydrogen (secondary N) is 1. The molecule has 2 saturated heterocycles. The number of aldehydes is 1. The predicted molar refractivity (Wildman–Crippen MR) is 172 cm³/mol. The predicted octanol–water partition coefficient (Wildman–Crippen LogP) is 6.37. The Hall–Kier alpha value is -2.85. The van der Waals surface area contributed by atoms with Crippen molar-refractivity contribution < 1.29 is 23.9 Å². The monoisotopic (exact) mass is 636 g/mol. The van der Waals surface area contributed by atoms with Crippen molar-refractivity contribution in [1.82, 2.24) is 20.0 Å². The highest BCUT2D eigenvalue weighted by Crippen LogP contribution is 2.15. The molecule has 2 aliphatic rings. The Bertz CT molecular complexity index is 1130. The molecule has 2 amide bonds. The lowest BCUT2D eigenvalue weighted by Crippen LogP contribution is -2.49. The van der Waals surface area contributed by atoms with E-state index in [1.807, 2.05) is 65.8 Å². The largest absolute Gasteiger partial charge is 0.444 e. The zero-order chi connectivity index (χ0) is 32.0. The molecule has 2 aliphatic heterocycles. The van der Waals surface area contributed by atoms with Gasteiger partial charge in [-0.1, -0.05) is 47.5 Å². The van der Waals surface area contributed by atoms with Crippen molar-refractivity contribution in [2.24, 2.45) is 0 Å². The smallest absolute Gasteiger partial charge is 0.410 e. The first-order chi connectivity index (χ1) is 20.1. The quantitative estimate of drug-likeness (QED) is 0.391. The Kier molecular flexibility index (Phi) is 14.7. The van der Waals surface area contributed by atoms with E-state index in [-0.39, 0.29) is 17.8 Å². The highest BCUT2D eigenvalue weighted by atomic mass is 35.5. The Morgan fingerprint density at radius 1 is 0.721 bits per heavy atom. The zero-order valence-electron chi connectivity index (χ0n) is 26.2. The third-order valence-corrected chi connectivity index (χ3v) is 6.62. The summed E-state index contributed by atoms with van der Waals surface area (Å²) in [6.07, 6.45) is 0.374. The van der Waals surface area contributed by atoms with Gasteiger partial charge < -0.3 is 24.6 Å². The third-order valence-electron chi connectivity index (χ3n) is 6.12. The van der Waals surface area contributed by atoms with Gasteiger partial charge in [0.25, 0.3) is 0 Å². The second-order valence-electron chi connectivity index (χ2n) is 12.3. The fourth-order valence-corrected chi connectivity index (χ4v) is 4.23. The van der Waals surface area contributed by atoms with Crippen LogP contribution < -0.4 is 5.32 Å². The minimum absolute atomic E-state index is 0.200. The molecule has 0 saturated carbocycles. The summed E-state index contributed by atoms with van der Waals surface area (Å²) in [7, 11) is 0. The van der Waals surface area contributed by atoms with Crippen LogP contribution >= 0.6 is 23.2 Å². The maximum absolute atomic E-state index is 12.0. The molecule has 0 unspecified atom stereocenters. The maximum atomic E-state index is 12.0. The van der Waals surface area contributed by atoms with Crippen molar-refractivity contribution in [2.45, 2.75) is 59.3 Å². The summed E-state index contributed by atoms with van der Waals surface area (Å²) < 4.78 is 10.6. The highest BCUT2D eigenvalue weighted by Gasteiger charge is 2.26. The molecule has 0 atom stereocenters. The summed E-state index contributed by atoms with van der Waals surface area (Å²) in [6.45, 7) is 18.6. The van der Waals surface area contributed by atoms with E-state index in [1.54, 1.807) is 34.1 Å². The fraction of sp³-hybridized carbons (Fsp3) is 0.531. The van der Waals surface area contributed by atoms with Gasteiger partial charge in [-0.3, -0.25) is 9.69 Å². The molecule has 2 heterocycles. The third kappa shape index (κ3) is 15.4. The van der Waals surface area contributed by atoms with Crippen LogP contribution in [0, 0.1) is 0 Å². The molecule has 9 nitrogen and oxygen atoms in total. The van der Waals surface area contributed by atoms with E-state index in [2.05, 4.69) is 10.2 Å². The van der Waals surface area contributed by atoms with Crippen molar-refractivity contribution in [1.29, 1.82) is 0 Å². The molecule has 0 spiro atoms. The summed E-state index contributed by atoms with van der Waals surface area (Å²) in [6, 6.07) is 14.6. The maximum Gasteiger partial charge on any atom is 0.410 e. The molecule has 11 heteroatoms. The molecule has 4 rings (SSSR count). The van der Waals surface area contributed by atoms with Gasteiger partial charge >= 0.3 is 12.2 Å². The second kappa shape index (κ2) is 17.4. The molecule has 2 fully saturated rings. The summed E-state index contributed by atoms with van der Waals surface area (Å²) in [5, 5.41) is 4.59. The molecule has 238 valence electrons. The first-order valence-electron chi connectivity index (χ1n) is 14.5. The van der Waals surface area contributed by atoms with Crippen LogP contribution in [-0.4, -0.2) is 96.7 Å². The highest BCUT2D eigenvalue weighted by molar-refractivity contribution is 6.30. The van der Waals surface area contributed by atoms with Crippen LogP contribution in [0.25, 0.3) is 0 Å². The lowest BCUT2D eigenvalue weighted by Gasteiger charge is -2.35. The summed E-state index contributed by atoms with van der Waals surface area (Å²) in [4.78, 5) is 39.4. The molecule has 0 aliphatic carbocycles. The Balaban J connectivity index is 0.000000249. The number of hydrogen-bond donors (Lipinski definition) is 1. The van der Waals surface area contributed by atoms with Crippen molar-refractivity contribution in [2.75, 3.05) is 52.4 Å². The van der Waals surface area contributed by atoms with Gasteiger partial charge in [0.05, 0.1) is 0 Å². The van der Waals surface area contributed by atoms with Gasteiger partial charge in [0, 0.05) is 74.5 Å². The molecule has 0 aromatic heterocycles. The number of rotatable bonds is 3. The van der Waals surface area contributed by atoms with Gasteiger partial charge in [0.2, 0.25) is 0 Å². The number of halogens is 2. The fourth-order valence-electron chi connectivity index (χ4n) is 3.98. The Labute approximate surface area is 266 Å². The number of benzene rings is 2. The molecule has 0 radical (unpaired) electrons. The van der Waals surface area contributed by atoms with Crippen LogP contribution in [0.2, 0.25) is 10.0 Å². The van der Waals surface area contributed by atoms with Gasteiger partial charge in [0.1, 0.15) is 17.5 Å². The number of carbonyl (C=O) groups excluding carboxylic acids is 3. The zero-order valence-corrected chi connectivity index (χ0v) is 27.7. The van der Waals surface area contributed by atoms with Gasteiger partial charge in [-0.15, -0.1) is 0 Å². The van der Waals surface area contributed by atoms with E-state index in [1.165, 1.54) is 5.56 Å². The Morgan fingerprint density at radius 3 is 1.56 bits per heavy atom. The number of nitrogens with zero attached hydrogens (tertiary/aromatic N) is 3. The van der Waals surface area contributed by atoms with E-state index >= 15 is 0 Å². The van der Waals surface area contributed by atoms with Crippen LogP contribution in [0.5, 0.6) is 0 Å². The van der Waals surface area contributed by atoms with Crippen molar-refractivity contribution in [3.63, 3.8) is 0 Å². The molecule has 2 aromatic carbocycles. The molecular weight excluding hydrogens is 591 g/mol. The molecule has 43 heavy (non-hydrogen) atoms. The normalized spacial score (nSPS) is 15.7. The average molecular weight is 638 g/mol. The number of carbonyl (C=O) groups is 3. The first kappa shape index (κ1) is 36.3. The minimum Gasteiger partial charge on any atom is -0.444 e. The summed E-state index contributed by atoms with van der Waals surface area (Å²) in [5.41, 5.74) is 1.07. The first-order valence-corrected chi connectivity index (χ1v) is 15.2. The van der Waals surface area contributed by atoms with Crippen LogP contribution in [0.3, 0.4) is 0 Å². The minimum atomic E-state index is -0.433. The number of hydrogen-bond acceptors (Lipinski definition) is 7. The van der Waals surface area contributed by atoms with E-state index in [4.69, 9.17) is 32.7 Å². The van der Waals surface area contributed by atoms with Crippen molar-refractivity contribution >= 4 is 41.7 Å². The van der Waals surface area contributed by atoms with Gasteiger partial charge in [-0.2, -0.15) is 0 Å². The van der Waals surface area contributed by atoms with Gasteiger partial charge in [-0.25, -0.2) is 9.59 Å². The van der Waals surface area contributed by atoms with Crippen molar-refractivity contribution in [3.8, 4) is 0 Å². The topological polar surface area (TPSA) is 91.4 Å². The van der Waals surface area contributed by atoms with Crippen LogP contribution in [-0.2, 0) is 16.0 Å². The number of amides is 2. The Morgan fingerprint density at radius 2 is 1.14 bits per heavy atom. The summed E-state index contributed by atoms with van der Waals surface area (Å²) in [5.74, 6) is 0. The van der Waals surface area contributed by atoms with Crippen molar-refractivity contribution in [3.05, 3.63) is 69.7 Å². The van der Waals surface area contributed by atoms with E-state index in [0.717, 1.165) is 57.1 Å². The second-order valence-corrected chi connectivity index (χ2v) is 13.1. The molecular formula is C32H46Cl2N4O5. The summed E-state index contributed by atoms with van der Waals surface area (Å²) >= 11 is 11.4. The molecule has 0 bridgehead atoms. The van der Waals surface area contributed by atoms with E-state index in [9.17, 15) is 14.4 Å². The molecule has 2 aromatic rings.